The van der Waals surface area contributed by atoms with Crippen LogP contribution in [0.25, 0.3) is 6.08 Å². The van der Waals surface area contributed by atoms with Crippen molar-refractivity contribution in [3.05, 3.63) is 29.8 Å². The molecule has 0 radical (unpaired) electrons. The summed E-state index contributed by atoms with van der Waals surface area (Å²) < 4.78 is 15.7. The van der Waals surface area contributed by atoms with Crippen molar-refractivity contribution in [1.82, 2.24) is 10.2 Å². The van der Waals surface area contributed by atoms with Gasteiger partial charge in [-0.2, -0.15) is 0 Å². The quantitative estimate of drug-likeness (QED) is 0.558. The second-order valence-electron chi connectivity index (χ2n) is 5.48. The predicted octanol–water partition coefficient (Wildman–Crippen LogP) is 1.59. The number of methoxy groups -OCH3 is 1. The number of amides is 3. The Morgan fingerprint density at radius 1 is 1.31 bits per heavy atom. The number of urea groups is 1. The second kappa shape index (κ2) is 9.45. The summed E-state index contributed by atoms with van der Waals surface area (Å²) in [6.45, 7) is 2.79. The van der Waals surface area contributed by atoms with Gasteiger partial charge in [0.25, 0.3) is 5.91 Å². The number of carbonyl (C=O) groups is 3. The zero-order valence-electron chi connectivity index (χ0n) is 14.8. The summed E-state index contributed by atoms with van der Waals surface area (Å²) in [6, 6.07) is 4.79. The molecule has 0 saturated carbocycles. The van der Waals surface area contributed by atoms with Crippen molar-refractivity contribution in [2.45, 2.75) is 13.3 Å². The van der Waals surface area contributed by atoms with E-state index in [0.29, 0.717) is 30.2 Å². The summed E-state index contributed by atoms with van der Waals surface area (Å²) in [5.74, 6) is -0.0446. The van der Waals surface area contributed by atoms with E-state index in [1.54, 1.807) is 24.3 Å². The van der Waals surface area contributed by atoms with E-state index >= 15 is 0 Å². The van der Waals surface area contributed by atoms with Gasteiger partial charge in [0.1, 0.15) is 0 Å². The van der Waals surface area contributed by atoms with E-state index in [0.717, 1.165) is 11.3 Å². The maximum absolute atomic E-state index is 11.8. The number of ether oxygens (including phenoxy) is 3. The summed E-state index contributed by atoms with van der Waals surface area (Å²) >= 11 is 0. The molecule has 1 fully saturated rings. The summed E-state index contributed by atoms with van der Waals surface area (Å²) in [5.41, 5.74) is 0.716. The SMILES string of the molecule is CCCOc1ccc(/C=C/C(=O)OCC(=O)N2CCNC2=O)cc1OC. The number of benzene rings is 1. The molecule has 1 aromatic rings. The van der Waals surface area contributed by atoms with Gasteiger partial charge in [-0.05, 0) is 30.2 Å². The van der Waals surface area contributed by atoms with Crippen LogP contribution < -0.4 is 14.8 Å². The second-order valence-corrected chi connectivity index (χ2v) is 5.48. The van der Waals surface area contributed by atoms with Gasteiger partial charge in [0.05, 0.1) is 13.7 Å². The minimum Gasteiger partial charge on any atom is -0.493 e. The summed E-state index contributed by atoms with van der Waals surface area (Å²) in [7, 11) is 1.54. The Balaban J connectivity index is 1.88. The number of rotatable bonds is 8. The molecule has 1 heterocycles. The Morgan fingerprint density at radius 3 is 2.77 bits per heavy atom. The summed E-state index contributed by atoms with van der Waals surface area (Å²) in [5, 5.41) is 2.50. The normalized spacial score (nSPS) is 13.6. The number of carbonyl (C=O) groups excluding carboxylic acids is 3. The third-order valence-electron chi connectivity index (χ3n) is 3.56. The fourth-order valence-corrected chi connectivity index (χ4v) is 2.25. The van der Waals surface area contributed by atoms with Crippen LogP contribution in [-0.2, 0) is 14.3 Å². The Bertz CT molecular complexity index is 701. The van der Waals surface area contributed by atoms with Crippen LogP contribution in [0.5, 0.6) is 11.5 Å². The van der Waals surface area contributed by atoms with Gasteiger partial charge in [-0.15, -0.1) is 0 Å². The monoisotopic (exact) mass is 362 g/mol. The van der Waals surface area contributed by atoms with Gasteiger partial charge < -0.3 is 19.5 Å². The number of nitrogens with zero attached hydrogens (tertiary/aromatic N) is 1. The number of imide groups is 1. The highest BCUT2D eigenvalue weighted by Crippen LogP contribution is 2.28. The van der Waals surface area contributed by atoms with E-state index in [1.165, 1.54) is 13.2 Å². The molecule has 0 spiro atoms. The van der Waals surface area contributed by atoms with Crippen LogP contribution in [0.2, 0.25) is 0 Å². The van der Waals surface area contributed by atoms with Crippen LogP contribution in [0.1, 0.15) is 18.9 Å². The standard InChI is InChI=1S/C18H22N2O6/c1-3-10-25-14-6-4-13(11-15(14)24-2)5-7-17(22)26-12-16(21)20-9-8-19-18(20)23/h4-7,11H,3,8-10,12H2,1-2H3,(H,19,23)/b7-5+. The van der Waals surface area contributed by atoms with Crippen molar-refractivity contribution in [2.24, 2.45) is 0 Å². The summed E-state index contributed by atoms with van der Waals surface area (Å²) in [4.78, 5) is 35.9. The fourth-order valence-electron chi connectivity index (χ4n) is 2.25. The molecule has 2 rings (SSSR count). The molecule has 0 atom stereocenters. The first-order valence-corrected chi connectivity index (χ1v) is 8.29. The number of esters is 1. The molecular weight excluding hydrogens is 340 g/mol. The van der Waals surface area contributed by atoms with Crippen molar-refractivity contribution in [3.8, 4) is 11.5 Å². The van der Waals surface area contributed by atoms with Gasteiger partial charge in [-0.25, -0.2) is 9.59 Å². The average Bonchev–Trinajstić information content (AvgIpc) is 3.08. The minimum absolute atomic E-state index is 0.275. The molecule has 1 aliphatic rings. The van der Waals surface area contributed by atoms with Crippen LogP contribution >= 0.6 is 0 Å². The van der Waals surface area contributed by atoms with Crippen molar-refractivity contribution in [2.75, 3.05) is 33.4 Å². The largest absolute Gasteiger partial charge is 0.493 e. The van der Waals surface area contributed by atoms with Gasteiger partial charge in [0.15, 0.2) is 18.1 Å². The lowest BCUT2D eigenvalue weighted by molar-refractivity contribution is -0.146. The molecule has 1 saturated heterocycles. The van der Waals surface area contributed by atoms with Gasteiger partial charge >= 0.3 is 12.0 Å². The van der Waals surface area contributed by atoms with Crippen LogP contribution in [0.3, 0.4) is 0 Å². The number of hydrogen-bond acceptors (Lipinski definition) is 6. The van der Waals surface area contributed by atoms with E-state index in [4.69, 9.17) is 14.2 Å². The molecule has 8 heteroatoms. The van der Waals surface area contributed by atoms with Gasteiger partial charge in [0, 0.05) is 19.2 Å². The highest BCUT2D eigenvalue weighted by atomic mass is 16.5. The van der Waals surface area contributed by atoms with Crippen molar-refractivity contribution < 1.29 is 28.6 Å². The van der Waals surface area contributed by atoms with E-state index in [9.17, 15) is 14.4 Å². The van der Waals surface area contributed by atoms with Gasteiger partial charge in [0.2, 0.25) is 0 Å². The molecule has 0 bridgehead atoms. The molecule has 1 aliphatic heterocycles. The lowest BCUT2D eigenvalue weighted by Crippen LogP contribution is -2.37. The van der Waals surface area contributed by atoms with E-state index < -0.39 is 24.5 Å². The third-order valence-corrected chi connectivity index (χ3v) is 3.56. The van der Waals surface area contributed by atoms with Crippen LogP contribution in [-0.4, -0.2) is 56.2 Å². The van der Waals surface area contributed by atoms with E-state index in [-0.39, 0.29) is 6.54 Å². The van der Waals surface area contributed by atoms with Crippen molar-refractivity contribution in [1.29, 1.82) is 0 Å². The van der Waals surface area contributed by atoms with Gasteiger partial charge in [-0.1, -0.05) is 13.0 Å². The van der Waals surface area contributed by atoms with E-state index in [1.807, 2.05) is 6.92 Å². The summed E-state index contributed by atoms with van der Waals surface area (Å²) in [6.07, 6.45) is 3.63. The molecule has 140 valence electrons. The number of nitrogens with one attached hydrogen (secondary N) is 1. The Kier molecular flexibility index (Phi) is 7.02. The average molecular weight is 362 g/mol. The maximum atomic E-state index is 11.8. The van der Waals surface area contributed by atoms with E-state index in [2.05, 4.69) is 5.32 Å². The molecule has 26 heavy (non-hydrogen) atoms. The van der Waals surface area contributed by atoms with Crippen molar-refractivity contribution >= 4 is 24.0 Å². The smallest absolute Gasteiger partial charge is 0.331 e. The molecule has 8 nitrogen and oxygen atoms in total. The number of hydrogen-bond donors (Lipinski definition) is 1. The molecule has 1 aromatic carbocycles. The van der Waals surface area contributed by atoms with Crippen LogP contribution in [0.15, 0.2) is 24.3 Å². The third kappa shape index (κ3) is 5.23. The zero-order valence-corrected chi connectivity index (χ0v) is 14.8. The molecule has 3 amide bonds. The first-order chi connectivity index (χ1) is 12.5. The predicted molar refractivity (Wildman–Crippen MR) is 93.9 cm³/mol. The lowest BCUT2D eigenvalue weighted by Gasteiger charge is -2.11. The highest BCUT2D eigenvalue weighted by Gasteiger charge is 2.26. The first-order valence-electron chi connectivity index (χ1n) is 8.29. The molecular formula is C18H22N2O6. The van der Waals surface area contributed by atoms with Gasteiger partial charge in [-0.3, -0.25) is 9.69 Å². The topological polar surface area (TPSA) is 94.2 Å². The maximum Gasteiger partial charge on any atom is 0.331 e. The van der Waals surface area contributed by atoms with Crippen LogP contribution in [0, 0.1) is 0 Å². The minimum atomic E-state index is -0.678. The van der Waals surface area contributed by atoms with Crippen molar-refractivity contribution in [3.63, 3.8) is 0 Å². The molecule has 0 unspecified atom stereocenters. The Morgan fingerprint density at radius 2 is 2.12 bits per heavy atom. The Labute approximate surface area is 151 Å². The molecule has 1 N–H and O–H groups in total. The lowest BCUT2D eigenvalue weighted by atomic mass is 10.2. The fraction of sp³-hybridized carbons (Fsp3) is 0.389. The van der Waals surface area contributed by atoms with Crippen LogP contribution in [0.4, 0.5) is 4.79 Å². The zero-order chi connectivity index (χ0) is 18.9. The first kappa shape index (κ1) is 19.3. The molecule has 0 aromatic heterocycles. The Hall–Kier alpha value is -3.03. The molecule has 0 aliphatic carbocycles. The highest BCUT2D eigenvalue weighted by molar-refractivity contribution is 5.97.